The van der Waals surface area contributed by atoms with E-state index in [1.165, 1.54) is 11.3 Å². The van der Waals surface area contributed by atoms with Gasteiger partial charge in [0.15, 0.2) is 5.13 Å². The third-order valence-corrected chi connectivity index (χ3v) is 4.77. The third kappa shape index (κ3) is 4.41. The number of hydrogen-bond acceptors (Lipinski definition) is 4. The minimum atomic E-state index is -0.230. The van der Waals surface area contributed by atoms with Crippen LogP contribution in [0.15, 0.2) is 30.5 Å². The molecular formula is C18H23N3O2S. The number of nitrogens with zero attached hydrogens (tertiary/aromatic N) is 2. The maximum Gasteiger partial charge on any atom is 0.254 e. The van der Waals surface area contributed by atoms with Crippen LogP contribution in [-0.2, 0) is 4.79 Å². The van der Waals surface area contributed by atoms with Gasteiger partial charge in [-0.15, -0.1) is 11.3 Å². The summed E-state index contributed by atoms with van der Waals surface area (Å²) in [5.41, 5.74) is 1.54. The Morgan fingerprint density at radius 3 is 2.58 bits per heavy atom. The van der Waals surface area contributed by atoms with Gasteiger partial charge in [0, 0.05) is 22.7 Å². The van der Waals surface area contributed by atoms with Crippen molar-refractivity contribution in [1.29, 1.82) is 0 Å². The standard InChI is InChI=1S/C18H23N3O2S/c1-5-13(3)21(17(23)15-9-7-6-8-12(15)2)11-16(22)20-18-19-10-14(4)24-18/h6-10,13H,5,11H2,1-4H3,(H,19,20,22). The lowest BCUT2D eigenvalue weighted by atomic mass is 10.1. The van der Waals surface area contributed by atoms with E-state index in [9.17, 15) is 9.59 Å². The molecule has 0 saturated carbocycles. The Bertz CT molecular complexity index is 727. The van der Waals surface area contributed by atoms with Gasteiger partial charge < -0.3 is 10.2 Å². The molecule has 2 amide bonds. The molecule has 0 bridgehead atoms. The minimum Gasteiger partial charge on any atom is -0.327 e. The number of hydrogen-bond donors (Lipinski definition) is 1. The lowest BCUT2D eigenvalue weighted by Crippen LogP contribution is -2.43. The number of benzene rings is 1. The topological polar surface area (TPSA) is 62.3 Å². The molecule has 0 aliphatic rings. The monoisotopic (exact) mass is 345 g/mol. The van der Waals surface area contributed by atoms with Crippen molar-refractivity contribution in [2.24, 2.45) is 0 Å². The van der Waals surface area contributed by atoms with Crippen molar-refractivity contribution in [2.45, 2.75) is 40.2 Å². The summed E-state index contributed by atoms with van der Waals surface area (Å²) in [6.07, 6.45) is 2.49. The summed E-state index contributed by atoms with van der Waals surface area (Å²) in [6, 6.07) is 7.42. The van der Waals surface area contributed by atoms with Gasteiger partial charge in [-0.2, -0.15) is 0 Å². The van der Waals surface area contributed by atoms with Gasteiger partial charge in [-0.1, -0.05) is 25.1 Å². The molecule has 5 nitrogen and oxygen atoms in total. The van der Waals surface area contributed by atoms with Gasteiger partial charge in [0.05, 0.1) is 0 Å². The maximum absolute atomic E-state index is 12.9. The number of thiazole rings is 1. The lowest BCUT2D eigenvalue weighted by molar-refractivity contribution is -0.117. The molecule has 1 aromatic carbocycles. The van der Waals surface area contributed by atoms with Crippen molar-refractivity contribution < 1.29 is 9.59 Å². The van der Waals surface area contributed by atoms with E-state index in [4.69, 9.17) is 0 Å². The smallest absolute Gasteiger partial charge is 0.254 e. The first-order valence-corrected chi connectivity index (χ1v) is 8.83. The van der Waals surface area contributed by atoms with Crippen molar-refractivity contribution in [1.82, 2.24) is 9.88 Å². The average Bonchev–Trinajstić information content (AvgIpc) is 2.96. The summed E-state index contributed by atoms with van der Waals surface area (Å²) in [6.45, 7) is 7.81. The highest BCUT2D eigenvalue weighted by Gasteiger charge is 2.24. The van der Waals surface area contributed by atoms with Gasteiger partial charge in [0.25, 0.3) is 5.91 Å². The van der Waals surface area contributed by atoms with Crippen LogP contribution in [-0.4, -0.2) is 34.3 Å². The van der Waals surface area contributed by atoms with Crippen molar-refractivity contribution >= 4 is 28.3 Å². The second-order valence-corrected chi connectivity index (χ2v) is 7.06. The number of aromatic nitrogens is 1. The highest BCUT2D eigenvalue weighted by Crippen LogP contribution is 2.18. The molecule has 1 N–H and O–H groups in total. The van der Waals surface area contributed by atoms with Gasteiger partial charge in [0.1, 0.15) is 6.54 Å². The molecule has 24 heavy (non-hydrogen) atoms. The second kappa shape index (κ2) is 8.06. The molecule has 1 aromatic heterocycles. The van der Waals surface area contributed by atoms with E-state index in [2.05, 4.69) is 10.3 Å². The average molecular weight is 345 g/mol. The summed E-state index contributed by atoms with van der Waals surface area (Å²) >= 11 is 1.42. The largest absolute Gasteiger partial charge is 0.327 e. The second-order valence-electron chi connectivity index (χ2n) is 5.83. The van der Waals surface area contributed by atoms with Crippen molar-refractivity contribution in [3.63, 3.8) is 0 Å². The fraction of sp³-hybridized carbons (Fsp3) is 0.389. The lowest BCUT2D eigenvalue weighted by Gasteiger charge is -2.28. The minimum absolute atomic E-state index is 0.0147. The van der Waals surface area contributed by atoms with Crippen LogP contribution in [0.25, 0.3) is 0 Å². The molecule has 0 aliphatic heterocycles. The Morgan fingerprint density at radius 2 is 2.00 bits per heavy atom. The molecule has 1 atom stereocenters. The Labute approximate surface area is 146 Å². The van der Waals surface area contributed by atoms with Crippen LogP contribution in [0.3, 0.4) is 0 Å². The number of amides is 2. The van der Waals surface area contributed by atoms with Crippen molar-refractivity contribution in [2.75, 3.05) is 11.9 Å². The Hall–Kier alpha value is -2.21. The molecule has 6 heteroatoms. The zero-order valence-corrected chi connectivity index (χ0v) is 15.3. The number of anilines is 1. The molecule has 1 heterocycles. The van der Waals surface area contributed by atoms with Crippen LogP contribution in [0.1, 0.15) is 41.1 Å². The Balaban J connectivity index is 2.15. The zero-order chi connectivity index (χ0) is 17.7. The predicted molar refractivity (Wildman–Crippen MR) is 97.4 cm³/mol. The fourth-order valence-corrected chi connectivity index (χ4v) is 3.02. The van der Waals surface area contributed by atoms with Crippen molar-refractivity contribution in [3.05, 3.63) is 46.5 Å². The van der Waals surface area contributed by atoms with Gasteiger partial charge in [-0.3, -0.25) is 9.59 Å². The summed E-state index contributed by atoms with van der Waals surface area (Å²) < 4.78 is 0. The fourth-order valence-electron chi connectivity index (χ4n) is 2.34. The molecule has 2 aromatic rings. The van der Waals surface area contributed by atoms with E-state index in [-0.39, 0.29) is 24.4 Å². The molecule has 2 rings (SSSR count). The van der Waals surface area contributed by atoms with Gasteiger partial charge in [-0.25, -0.2) is 4.98 Å². The van der Waals surface area contributed by atoms with E-state index >= 15 is 0 Å². The molecule has 0 saturated heterocycles. The Morgan fingerprint density at radius 1 is 1.29 bits per heavy atom. The van der Waals surface area contributed by atoms with Gasteiger partial charge >= 0.3 is 0 Å². The molecular weight excluding hydrogens is 322 g/mol. The number of rotatable bonds is 6. The molecule has 0 radical (unpaired) electrons. The zero-order valence-electron chi connectivity index (χ0n) is 14.5. The van der Waals surface area contributed by atoms with E-state index in [0.29, 0.717) is 10.7 Å². The van der Waals surface area contributed by atoms with Crippen LogP contribution >= 0.6 is 11.3 Å². The number of nitrogens with one attached hydrogen (secondary N) is 1. The summed E-state index contributed by atoms with van der Waals surface area (Å²) in [7, 11) is 0. The maximum atomic E-state index is 12.9. The normalized spacial score (nSPS) is 11.8. The first-order valence-electron chi connectivity index (χ1n) is 8.01. The predicted octanol–water partition coefficient (Wildman–Crippen LogP) is 3.64. The molecule has 0 spiro atoms. The highest BCUT2D eigenvalue weighted by atomic mass is 32.1. The van der Waals surface area contributed by atoms with Crippen molar-refractivity contribution in [3.8, 4) is 0 Å². The first-order chi connectivity index (χ1) is 11.4. The first kappa shape index (κ1) is 18.1. The van der Waals surface area contributed by atoms with E-state index in [1.54, 1.807) is 17.2 Å². The highest BCUT2D eigenvalue weighted by molar-refractivity contribution is 7.15. The number of carbonyl (C=O) groups excluding carboxylic acids is 2. The van der Waals surface area contributed by atoms with E-state index in [1.807, 2.05) is 45.9 Å². The van der Waals surface area contributed by atoms with Crippen LogP contribution in [0.5, 0.6) is 0 Å². The SMILES string of the molecule is CCC(C)N(CC(=O)Nc1ncc(C)s1)C(=O)c1ccccc1C. The molecule has 1 unspecified atom stereocenters. The molecule has 0 fully saturated rings. The third-order valence-electron chi connectivity index (χ3n) is 3.94. The van der Waals surface area contributed by atoms with Gasteiger partial charge in [-0.05, 0) is 38.8 Å². The van der Waals surface area contributed by atoms with E-state index in [0.717, 1.165) is 16.9 Å². The van der Waals surface area contributed by atoms with Crippen LogP contribution in [0, 0.1) is 13.8 Å². The molecule has 128 valence electrons. The van der Waals surface area contributed by atoms with Crippen LogP contribution in [0.4, 0.5) is 5.13 Å². The summed E-state index contributed by atoms with van der Waals surface area (Å²) in [5, 5.41) is 3.33. The van der Waals surface area contributed by atoms with Crippen LogP contribution < -0.4 is 5.32 Å². The molecule has 0 aliphatic carbocycles. The van der Waals surface area contributed by atoms with Gasteiger partial charge in [0.2, 0.25) is 5.91 Å². The summed E-state index contributed by atoms with van der Waals surface area (Å²) in [5.74, 6) is -0.348. The van der Waals surface area contributed by atoms with E-state index < -0.39 is 0 Å². The Kier molecular flexibility index (Phi) is 6.09. The summed E-state index contributed by atoms with van der Waals surface area (Å²) in [4.78, 5) is 32.0. The van der Waals surface area contributed by atoms with Crippen LogP contribution in [0.2, 0.25) is 0 Å². The number of aryl methyl sites for hydroxylation is 2. The number of carbonyl (C=O) groups is 2. The quantitative estimate of drug-likeness (QED) is 0.869.